The highest BCUT2D eigenvalue weighted by molar-refractivity contribution is 5.90. The number of anilines is 1. The zero-order chi connectivity index (χ0) is 14.2. The predicted molar refractivity (Wildman–Crippen MR) is 83.0 cm³/mol. The quantitative estimate of drug-likeness (QED) is 0.916. The van der Waals surface area contributed by atoms with Crippen LogP contribution in [0, 0.1) is 5.41 Å². The zero-order valence-corrected chi connectivity index (χ0v) is 12.4. The Bertz CT molecular complexity index is 603. The van der Waals surface area contributed by atoms with Gasteiger partial charge in [0.2, 0.25) is 0 Å². The molecule has 1 heterocycles. The molecule has 1 aliphatic rings. The maximum absolute atomic E-state index is 5.79. The van der Waals surface area contributed by atoms with Crippen LogP contribution in [0.2, 0.25) is 0 Å². The number of benzene rings is 1. The lowest BCUT2D eigenvalue weighted by molar-refractivity contribution is -0.0975. The topological polar surface area (TPSA) is 34.1 Å². The maximum Gasteiger partial charge on any atom is 0.0933 e. The number of hydrogen-bond acceptors (Lipinski definition) is 3. The molecule has 2 aromatic rings. The van der Waals surface area contributed by atoms with Crippen molar-refractivity contribution < 1.29 is 4.74 Å². The Labute approximate surface area is 120 Å². The molecular weight excluding hydrogens is 248 g/mol. The number of nitrogens with one attached hydrogen (secondary N) is 1. The first-order valence-corrected chi connectivity index (χ1v) is 7.35. The molecule has 0 radical (unpaired) electrons. The fraction of sp³-hybridized carbons (Fsp3) is 0.471. The van der Waals surface area contributed by atoms with Crippen LogP contribution in [0.25, 0.3) is 10.9 Å². The molecule has 2 atom stereocenters. The van der Waals surface area contributed by atoms with E-state index in [1.54, 1.807) is 0 Å². The molecule has 1 aromatic carbocycles. The third-order valence-electron chi connectivity index (χ3n) is 4.51. The lowest BCUT2D eigenvalue weighted by Gasteiger charge is -2.52. The van der Waals surface area contributed by atoms with E-state index >= 15 is 0 Å². The largest absolute Gasteiger partial charge is 0.380 e. The van der Waals surface area contributed by atoms with E-state index in [1.807, 2.05) is 12.3 Å². The molecule has 3 rings (SSSR count). The zero-order valence-electron chi connectivity index (χ0n) is 12.4. The minimum Gasteiger partial charge on any atom is -0.380 e. The second kappa shape index (κ2) is 5.06. The van der Waals surface area contributed by atoms with E-state index in [4.69, 9.17) is 4.74 Å². The summed E-state index contributed by atoms with van der Waals surface area (Å²) in [4.78, 5) is 4.50. The lowest BCUT2D eigenvalue weighted by atomic mass is 9.64. The lowest BCUT2D eigenvalue weighted by Crippen LogP contribution is -2.58. The van der Waals surface area contributed by atoms with Gasteiger partial charge in [-0.2, -0.15) is 0 Å². The molecule has 3 nitrogen and oxygen atoms in total. The number of ether oxygens (including phenoxy) is 1. The number of aromatic nitrogens is 1. The molecule has 3 heteroatoms. The fourth-order valence-electron chi connectivity index (χ4n) is 3.02. The van der Waals surface area contributed by atoms with E-state index in [0.29, 0.717) is 12.1 Å². The molecule has 1 aromatic heterocycles. The van der Waals surface area contributed by atoms with Crippen molar-refractivity contribution >= 4 is 16.6 Å². The van der Waals surface area contributed by atoms with Crippen LogP contribution in [0.15, 0.2) is 36.5 Å². The first-order chi connectivity index (χ1) is 9.63. The number of pyridine rings is 1. The first-order valence-electron chi connectivity index (χ1n) is 7.35. The van der Waals surface area contributed by atoms with Gasteiger partial charge in [0, 0.05) is 29.6 Å². The van der Waals surface area contributed by atoms with Crippen LogP contribution < -0.4 is 5.32 Å². The molecular formula is C17H22N2O. The summed E-state index contributed by atoms with van der Waals surface area (Å²) in [7, 11) is 0. The molecule has 1 N–H and O–H groups in total. The normalized spacial score (nSPS) is 24.4. The molecule has 1 fully saturated rings. The monoisotopic (exact) mass is 270 g/mol. The Morgan fingerprint density at radius 1 is 1.30 bits per heavy atom. The van der Waals surface area contributed by atoms with Gasteiger partial charge in [0.15, 0.2) is 0 Å². The standard InChI is InChI=1S/C17H22N2O/c1-4-20-15-11-14(17(15,2)3)19-13-9-5-7-12-8-6-10-18-16(12)13/h5-10,14-15,19H,4,11H2,1-3H3. The van der Waals surface area contributed by atoms with Crippen molar-refractivity contribution in [2.24, 2.45) is 5.41 Å². The van der Waals surface area contributed by atoms with E-state index in [0.717, 1.165) is 24.2 Å². The van der Waals surface area contributed by atoms with E-state index < -0.39 is 0 Å². The fourth-order valence-corrected chi connectivity index (χ4v) is 3.02. The van der Waals surface area contributed by atoms with Crippen molar-refractivity contribution in [3.05, 3.63) is 36.5 Å². The number of fused-ring (bicyclic) bond motifs is 1. The summed E-state index contributed by atoms with van der Waals surface area (Å²) in [5, 5.41) is 4.83. The molecule has 2 unspecified atom stereocenters. The smallest absolute Gasteiger partial charge is 0.0933 e. The molecule has 0 bridgehead atoms. The van der Waals surface area contributed by atoms with Crippen LogP contribution >= 0.6 is 0 Å². The number of hydrogen-bond donors (Lipinski definition) is 1. The van der Waals surface area contributed by atoms with Gasteiger partial charge in [0.25, 0.3) is 0 Å². The van der Waals surface area contributed by atoms with Gasteiger partial charge in [-0.3, -0.25) is 4.98 Å². The summed E-state index contributed by atoms with van der Waals surface area (Å²) in [6.45, 7) is 7.39. The van der Waals surface area contributed by atoms with Crippen molar-refractivity contribution in [2.45, 2.75) is 39.3 Å². The van der Waals surface area contributed by atoms with Gasteiger partial charge in [-0.25, -0.2) is 0 Å². The predicted octanol–water partition coefficient (Wildman–Crippen LogP) is 3.85. The van der Waals surface area contributed by atoms with Gasteiger partial charge in [-0.1, -0.05) is 32.0 Å². The highest BCUT2D eigenvalue weighted by atomic mass is 16.5. The van der Waals surface area contributed by atoms with E-state index in [-0.39, 0.29) is 5.41 Å². The van der Waals surface area contributed by atoms with Gasteiger partial charge >= 0.3 is 0 Å². The van der Waals surface area contributed by atoms with E-state index in [9.17, 15) is 0 Å². The van der Waals surface area contributed by atoms with Crippen LogP contribution in [0.3, 0.4) is 0 Å². The number of rotatable bonds is 4. The first kappa shape index (κ1) is 13.4. The molecule has 20 heavy (non-hydrogen) atoms. The van der Waals surface area contributed by atoms with Crippen molar-refractivity contribution in [3.8, 4) is 0 Å². The summed E-state index contributed by atoms with van der Waals surface area (Å²) in [5.74, 6) is 0. The summed E-state index contributed by atoms with van der Waals surface area (Å²) in [6, 6.07) is 10.8. The van der Waals surface area contributed by atoms with Gasteiger partial charge in [-0.05, 0) is 25.5 Å². The Kier molecular flexibility index (Phi) is 3.38. The van der Waals surface area contributed by atoms with Crippen molar-refractivity contribution in [1.82, 2.24) is 4.98 Å². The molecule has 0 spiro atoms. The van der Waals surface area contributed by atoms with Crippen LogP contribution in [0.5, 0.6) is 0 Å². The molecule has 1 saturated carbocycles. The number of nitrogens with zero attached hydrogens (tertiary/aromatic N) is 1. The van der Waals surface area contributed by atoms with Gasteiger partial charge in [0.05, 0.1) is 17.3 Å². The molecule has 1 aliphatic carbocycles. The third-order valence-corrected chi connectivity index (χ3v) is 4.51. The minimum absolute atomic E-state index is 0.160. The van der Waals surface area contributed by atoms with E-state index in [1.165, 1.54) is 5.39 Å². The molecule has 0 saturated heterocycles. The van der Waals surface area contributed by atoms with Gasteiger partial charge < -0.3 is 10.1 Å². The Morgan fingerprint density at radius 2 is 2.10 bits per heavy atom. The number of para-hydroxylation sites is 1. The maximum atomic E-state index is 5.79. The van der Waals surface area contributed by atoms with Crippen LogP contribution in [0.1, 0.15) is 27.2 Å². The summed E-state index contributed by atoms with van der Waals surface area (Å²) >= 11 is 0. The second-order valence-electron chi connectivity index (χ2n) is 6.08. The summed E-state index contributed by atoms with van der Waals surface area (Å²) < 4.78 is 5.79. The highest BCUT2D eigenvalue weighted by Gasteiger charge is 2.48. The second-order valence-corrected chi connectivity index (χ2v) is 6.08. The van der Waals surface area contributed by atoms with Gasteiger partial charge in [-0.15, -0.1) is 0 Å². The Balaban J connectivity index is 1.81. The van der Waals surface area contributed by atoms with Crippen molar-refractivity contribution in [1.29, 1.82) is 0 Å². The summed E-state index contributed by atoms with van der Waals surface area (Å²) in [6.07, 6.45) is 3.26. The molecule has 0 amide bonds. The Hall–Kier alpha value is -1.61. The minimum atomic E-state index is 0.160. The molecule has 106 valence electrons. The van der Waals surface area contributed by atoms with Crippen LogP contribution in [0.4, 0.5) is 5.69 Å². The van der Waals surface area contributed by atoms with E-state index in [2.05, 4.69) is 55.3 Å². The SMILES string of the molecule is CCOC1CC(Nc2cccc3cccnc23)C1(C)C. The summed E-state index contributed by atoms with van der Waals surface area (Å²) in [5.41, 5.74) is 2.33. The average Bonchev–Trinajstić information content (AvgIpc) is 2.46. The molecule has 0 aliphatic heterocycles. The van der Waals surface area contributed by atoms with Crippen LogP contribution in [-0.2, 0) is 4.74 Å². The van der Waals surface area contributed by atoms with Crippen molar-refractivity contribution in [3.63, 3.8) is 0 Å². The average molecular weight is 270 g/mol. The third kappa shape index (κ3) is 2.16. The van der Waals surface area contributed by atoms with Crippen LogP contribution in [-0.4, -0.2) is 23.7 Å². The highest BCUT2D eigenvalue weighted by Crippen LogP contribution is 2.44. The Morgan fingerprint density at radius 3 is 2.85 bits per heavy atom. The van der Waals surface area contributed by atoms with Gasteiger partial charge in [0.1, 0.15) is 0 Å². The van der Waals surface area contributed by atoms with Crippen molar-refractivity contribution in [2.75, 3.05) is 11.9 Å².